The minimum Gasteiger partial charge on any atom is -0.493 e. The number of ether oxygens (including phenoxy) is 2. The molecule has 1 heterocycles. The number of rotatable bonds is 7. The summed E-state index contributed by atoms with van der Waals surface area (Å²) in [7, 11) is 0. The van der Waals surface area contributed by atoms with Crippen LogP contribution in [0.25, 0.3) is 0 Å². The number of alkyl halides is 1. The highest BCUT2D eigenvalue weighted by Crippen LogP contribution is 2.34. The van der Waals surface area contributed by atoms with Crippen molar-refractivity contribution < 1.29 is 24.2 Å². The molecule has 0 saturated carbocycles. The number of fused-ring (bicyclic) bond motifs is 1. The van der Waals surface area contributed by atoms with Gasteiger partial charge in [0.25, 0.3) is 0 Å². The Hall–Kier alpha value is -1.56. The van der Waals surface area contributed by atoms with E-state index in [4.69, 9.17) is 14.6 Å². The molecule has 1 aromatic carbocycles. The van der Waals surface area contributed by atoms with Crippen molar-refractivity contribution in [1.29, 1.82) is 0 Å². The summed E-state index contributed by atoms with van der Waals surface area (Å²) >= 11 is 3.36. The van der Waals surface area contributed by atoms with E-state index in [1.54, 1.807) is 12.1 Å². The number of carboxylic acid groups (broad SMARTS) is 1. The topological polar surface area (TPSA) is 72.8 Å². The van der Waals surface area contributed by atoms with E-state index < -0.39 is 12.1 Å². The molecule has 1 aliphatic rings. The number of hydrogen-bond acceptors (Lipinski definition) is 4. The maximum atomic E-state index is 11.8. The predicted octanol–water partition coefficient (Wildman–Crippen LogP) is 3.22. The number of halogens is 1. The molecule has 0 amide bonds. The molecule has 1 aromatic rings. The van der Waals surface area contributed by atoms with E-state index in [0.29, 0.717) is 36.5 Å². The molecule has 1 atom stereocenters. The zero-order valence-electron chi connectivity index (χ0n) is 12.4. The van der Waals surface area contributed by atoms with Gasteiger partial charge in [-0.15, -0.1) is 0 Å². The van der Waals surface area contributed by atoms with Gasteiger partial charge in [0.15, 0.2) is 11.9 Å². The molecular weight excluding hydrogens is 352 g/mol. The largest absolute Gasteiger partial charge is 0.493 e. The summed E-state index contributed by atoms with van der Waals surface area (Å²) in [5.74, 6) is -0.0780. The molecule has 0 spiro atoms. The van der Waals surface area contributed by atoms with Crippen LogP contribution < -0.4 is 9.47 Å². The first-order valence-corrected chi connectivity index (χ1v) is 8.41. The summed E-state index contributed by atoms with van der Waals surface area (Å²) < 4.78 is 11.2. The van der Waals surface area contributed by atoms with Crippen LogP contribution in [0.5, 0.6) is 11.5 Å². The SMILES string of the molecule is CC(=O)c1cc2c(cc1OCCCCBr)OC(C(=O)O)CC2. The van der Waals surface area contributed by atoms with Gasteiger partial charge in [0, 0.05) is 11.4 Å². The minimum atomic E-state index is -0.971. The Morgan fingerprint density at radius 1 is 1.41 bits per heavy atom. The molecule has 1 N–H and O–H groups in total. The molecule has 6 heteroatoms. The fraction of sp³-hybridized carbons (Fsp3) is 0.500. The first-order valence-electron chi connectivity index (χ1n) is 7.29. The first-order chi connectivity index (χ1) is 10.5. The third-order valence-corrected chi connectivity index (χ3v) is 4.11. The second-order valence-corrected chi connectivity index (χ2v) is 6.03. The normalized spacial score (nSPS) is 16.5. The number of Topliss-reactive ketones (excluding diaryl/α,β-unsaturated/α-hetero) is 1. The van der Waals surface area contributed by atoms with Crippen molar-refractivity contribution in [2.24, 2.45) is 0 Å². The zero-order chi connectivity index (χ0) is 16.1. The molecular formula is C16H19BrO5. The van der Waals surface area contributed by atoms with Crippen molar-refractivity contribution in [3.8, 4) is 11.5 Å². The van der Waals surface area contributed by atoms with E-state index >= 15 is 0 Å². The molecule has 0 saturated heterocycles. The molecule has 120 valence electrons. The number of carbonyl (C=O) groups excluding carboxylic acids is 1. The number of aryl methyl sites for hydroxylation is 1. The Balaban J connectivity index is 2.22. The van der Waals surface area contributed by atoms with Gasteiger partial charge in [-0.25, -0.2) is 4.79 Å². The highest BCUT2D eigenvalue weighted by molar-refractivity contribution is 9.09. The maximum Gasteiger partial charge on any atom is 0.344 e. The summed E-state index contributed by atoms with van der Waals surface area (Å²) in [6, 6.07) is 3.41. The summed E-state index contributed by atoms with van der Waals surface area (Å²) in [4.78, 5) is 22.8. The summed E-state index contributed by atoms with van der Waals surface area (Å²) in [6.45, 7) is 2.00. The van der Waals surface area contributed by atoms with Crippen molar-refractivity contribution in [3.63, 3.8) is 0 Å². The molecule has 0 aromatic heterocycles. The molecule has 5 nitrogen and oxygen atoms in total. The quantitative estimate of drug-likeness (QED) is 0.453. The highest BCUT2D eigenvalue weighted by Gasteiger charge is 2.27. The van der Waals surface area contributed by atoms with Crippen molar-refractivity contribution >= 4 is 27.7 Å². The van der Waals surface area contributed by atoms with E-state index in [1.165, 1.54) is 6.92 Å². The predicted molar refractivity (Wildman–Crippen MR) is 85.3 cm³/mol. The first kappa shape index (κ1) is 16.8. The van der Waals surface area contributed by atoms with Gasteiger partial charge in [-0.1, -0.05) is 15.9 Å². The van der Waals surface area contributed by atoms with Crippen LogP contribution in [0.15, 0.2) is 12.1 Å². The van der Waals surface area contributed by atoms with E-state index in [9.17, 15) is 9.59 Å². The number of benzene rings is 1. The monoisotopic (exact) mass is 370 g/mol. The number of hydrogen-bond donors (Lipinski definition) is 1. The van der Waals surface area contributed by atoms with Crippen LogP contribution in [0.1, 0.15) is 42.1 Å². The second kappa shape index (κ2) is 7.63. The lowest BCUT2D eigenvalue weighted by atomic mass is 9.98. The molecule has 1 unspecified atom stereocenters. The summed E-state index contributed by atoms with van der Waals surface area (Å²) in [6.07, 6.45) is 2.01. The van der Waals surface area contributed by atoms with E-state index in [2.05, 4.69) is 15.9 Å². The Morgan fingerprint density at radius 3 is 2.82 bits per heavy atom. The van der Waals surface area contributed by atoms with Crippen LogP contribution >= 0.6 is 15.9 Å². The van der Waals surface area contributed by atoms with E-state index in [-0.39, 0.29) is 5.78 Å². The number of ketones is 1. The number of aliphatic carboxylic acids is 1. The average molecular weight is 371 g/mol. The fourth-order valence-corrected chi connectivity index (χ4v) is 2.75. The van der Waals surface area contributed by atoms with Crippen molar-refractivity contribution in [1.82, 2.24) is 0 Å². The van der Waals surface area contributed by atoms with Crippen LogP contribution in [0.4, 0.5) is 0 Å². The van der Waals surface area contributed by atoms with Crippen LogP contribution in [0.2, 0.25) is 0 Å². The molecule has 0 bridgehead atoms. The summed E-state index contributed by atoms with van der Waals surface area (Å²) in [5, 5.41) is 9.97. The average Bonchev–Trinajstić information content (AvgIpc) is 2.49. The molecule has 2 rings (SSSR count). The standard InChI is InChI=1S/C16H19BrO5/c1-10(18)12-8-11-4-5-13(16(19)20)22-14(11)9-15(12)21-7-3-2-6-17/h8-9,13H,2-7H2,1H3,(H,19,20). The van der Waals surface area contributed by atoms with Crippen LogP contribution in [0.3, 0.4) is 0 Å². The number of carboxylic acids is 1. The van der Waals surface area contributed by atoms with Crippen molar-refractivity contribution in [2.45, 2.75) is 38.7 Å². The van der Waals surface area contributed by atoms with Gasteiger partial charge in [-0.05, 0) is 44.2 Å². The second-order valence-electron chi connectivity index (χ2n) is 5.24. The molecule has 0 radical (unpaired) electrons. The number of carbonyl (C=O) groups is 2. The highest BCUT2D eigenvalue weighted by atomic mass is 79.9. The summed E-state index contributed by atoms with van der Waals surface area (Å²) in [5.41, 5.74) is 1.38. The van der Waals surface area contributed by atoms with E-state index in [0.717, 1.165) is 23.7 Å². The number of unbranched alkanes of at least 4 members (excludes halogenated alkanes) is 1. The van der Waals surface area contributed by atoms with Gasteiger partial charge in [-0.2, -0.15) is 0 Å². The zero-order valence-corrected chi connectivity index (χ0v) is 14.0. The van der Waals surface area contributed by atoms with Gasteiger partial charge in [0.2, 0.25) is 0 Å². The van der Waals surface area contributed by atoms with Crippen molar-refractivity contribution in [2.75, 3.05) is 11.9 Å². The minimum absolute atomic E-state index is 0.0707. The maximum absolute atomic E-state index is 11.8. The van der Waals surface area contributed by atoms with Gasteiger partial charge in [0.1, 0.15) is 11.5 Å². The molecule has 0 aliphatic carbocycles. The lowest BCUT2D eigenvalue weighted by Gasteiger charge is -2.24. The lowest BCUT2D eigenvalue weighted by Crippen LogP contribution is -2.31. The smallest absolute Gasteiger partial charge is 0.344 e. The van der Waals surface area contributed by atoms with Gasteiger partial charge in [-0.3, -0.25) is 4.79 Å². The van der Waals surface area contributed by atoms with Crippen LogP contribution in [-0.2, 0) is 11.2 Å². The van der Waals surface area contributed by atoms with Crippen LogP contribution in [0, 0.1) is 0 Å². The Kier molecular flexibility index (Phi) is 5.83. The van der Waals surface area contributed by atoms with Crippen LogP contribution in [-0.4, -0.2) is 34.9 Å². The third-order valence-electron chi connectivity index (χ3n) is 3.55. The van der Waals surface area contributed by atoms with Gasteiger partial charge in [0.05, 0.1) is 12.2 Å². The van der Waals surface area contributed by atoms with Gasteiger partial charge >= 0.3 is 5.97 Å². The molecule has 1 aliphatic heterocycles. The molecule has 0 fully saturated rings. The van der Waals surface area contributed by atoms with Crippen molar-refractivity contribution in [3.05, 3.63) is 23.3 Å². The third kappa shape index (κ3) is 4.00. The molecule has 22 heavy (non-hydrogen) atoms. The van der Waals surface area contributed by atoms with E-state index in [1.807, 2.05) is 0 Å². The lowest BCUT2D eigenvalue weighted by molar-refractivity contribution is -0.145. The Bertz CT molecular complexity index is 570. The Labute approximate surface area is 137 Å². The van der Waals surface area contributed by atoms with Gasteiger partial charge < -0.3 is 14.6 Å². The fourth-order valence-electron chi connectivity index (χ4n) is 2.36. The Morgan fingerprint density at radius 2 is 2.18 bits per heavy atom.